The van der Waals surface area contributed by atoms with Gasteiger partial charge >= 0.3 is 0 Å². The van der Waals surface area contributed by atoms with E-state index in [1.54, 1.807) is 5.57 Å². The molecule has 0 aliphatic heterocycles. The average Bonchev–Trinajstić information content (AvgIpc) is 2.96. The summed E-state index contributed by atoms with van der Waals surface area (Å²) in [4.78, 5) is 0. The first-order chi connectivity index (χ1) is 13.2. The maximum absolute atomic E-state index is 10.1. The van der Waals surface area contributed by atoms with E-state index in [1.165, 1.54) is 50.5 Å². The van der Waals surface area contributed by atoms with E-state index in [0.717, 1.165) is 49.5 Å². The molecule has 3 saturated carbocycles. The lowest BCUT2D eigenvalue weighted by atomic mass is 9.62. The zero-order valence-corrected chi connectivity index (χ0v) is 18.5. The Morgan fingerprint density at radius 3 is 2.64 bits per heavy atom. The molecule has 28 heavy (non-hydrogen) atoms. The van der Waals surface area contributed by atoms with Gasteiger partial charge in [-0.2, -0.15) is 0 Å². The van der Waals surface area contributed by atoms with Crippen LogP contribution >= 0.6 is 0 Å². The third kappa shape index (κ3) is 5.00. The highest BCUT2D eigenvalue weighted by Gasteiger charge is 2.48. The summed E-state index contributed by atoms with van der Waals surface area (Å²) in [5.74, 6) is 1.57. The largest absolute Gasteiger partial charge is 0.390 e. The first-order valence-corrected chi connectivity index (χ1v) is 11.7. The van der Waals surface area contributed by atoms with Crippen LogP contribution in [0.15, 0.2) is 35.5 Å². The van der Waals surface area contributed by atoms with Crippen molar-refractivity contribution in [3.63, 3.8) is 0 Å². The second-order valence-electron chi connectivity index (χ2n) is 10.6. The fourth-order valence-corrected chi connectivity index (χ4v) is 6.20. The molecule has 2 heteroatoms. The SMILES string of the molecule is C=C1/C(=C/C=C2\CCCC3(C)C(CCCCC(C)(C)O)CCC23)CCCC1O. The Labute approximate surface area is 172 Å². The molecular formula is C26H42O2. The Bertz CT molecular complexity index is 621. The van der Waals surface area contributed by atoms with Crippen LogP contribution < -0.4 is 0 Å². The highest BCUT2D eigenvalue weighted by atomic mass is 16.3. The van der Waals surface area contributed by atoms with Crippen LogP contribution in [0.2, 0.25) is 0 Å². The quantitative estimate of drug-likeness (QED) is 0.512. The lowest BCUT2D eigenvalue weighted by Crippen LogP contribution is -2.33. The van der Waals surface area contributed by atoms with E-state index >= 15 is 0 Å². The minimum Gasteiger partial charge on any atom is -0.390 e. The number of unbranched alkanes of at least 4 members (excludes halogenated alkanes) is 1. The Balaban J connectivity index is 1.63. The first kappa shape index (κ1) is 21.8. The predicted octanol–water partition coefficient (Wildman–Crippen LogP) is 6.49. The van der Waals surface area contributed by atoms with Crippen molar-refractivity contribution < 1.29 is 10.2 Å². The van der Waals surface area contributed by atoms with Gasteiger partial charge in [-0.25, -0.2) is 0 Å². The number of rotatable bonds is 6. The summed E-state index contributed by atoms with van der Waals surface area (Å²) in [6.07, 6.45) is 18.6. The van der Waals surface area contributed by atoms with Crippen LogP contribution in [0.3, 0.4) is 0 Å². The standard InChI is InChI=1S/C26H42O2/c1-19-20(9-7-12-24(19)27)13-14-21-10-8-18-26(4)22(15-16-23(21)26)11-5-6-17-25(2,3)28/h13-14,22-24,27-28H,1,5-12,15-18H2,2-4H3/b20-13+,21-14+. The third-order valence-electron chi connectivity index (χ3n) is 7.99. The number of hydrogen-bond acceptors (Lipinski definition) is 2. The zero-order chi connectivity index (χ0) is 20.4. The summed E-state index contributed by atoms with van der Waals surface area (Å²) in [5, 5.41) is 20.0. The smallest absolute Gasteiger partial charge is 0.0787 e. The second kappa shape index (κ2) is 8.88. The summed E-state index contributed by atoms with van der Waals surface area (Å²) in [5.41, 5.74) is 3.79. The summed E-state index contributed by atoms with van der Waals surface area (Å²) in [6, 6.07) is 0. The van der Waals surface area contributed by atoms with Crippen molar-refractivity contribution >= 4 is 0 Å². The van der Waals surface area contributed by atoms with Crippen LogP contribution in [0.4, 0.5) is 0 Å². The van der Waals surface area contributed by atoms with Crippen LogP contribution in [0.1, 0.15) is 97.8 Å². The van der Waals surface area contributed by atoms with Gasteiger partial charge in [0.1, 0.15) is 0 Å². The second-order valence-corrected chi connectivity index (χ2v) is 10.6. The fourth-order valence-electron chi connectivity index (χ4n) is 6.20. The fraction of sp³-hybridized carbons (Fsp3) is 0.769. The van der Waals surface area contributed by atoms with Gasteiger partial charge in [0.05, 0.1) is 11.7 Å². The average molecular weight is 387 g/mol. The van der Waals surface area contributed by atoms with E-state index in [-0.39, 0.29) is 6.10 Å². The molecule has 3 fully saturated rings. The van der Waals surface area contributed by atoms with Crippen molar-refractivity contribution in [2.24, 2.45) is 17.3 Å². The highest BCUT2D eigenvalue weighted by Crippen LogP contribution is 2.58. The molecule has 0 bridgehead atoms. The molecule has 0 aromatic carbocycles. The maximum atomic E-state index is 10.1. The van der Waals surface area contributed by atoms with Crippen LogP contribution in [0, 0.1) is 17.3 Å². The first-order valence-electron chi connectivity index (χ1n) is 11.7. The normalized spacial score (nSPS) is 36.9. The van der Waals surface area contributed by atoms with Crippen LogP contribution in [-0.4, -0.2) is 21.9 Å². The molecule has 2 N–H and O–H groups in total. The summed E-state index contributed by atoms with van der Waals surface area (Å²) in [6.45, 7) is 10.5. The Morgan fingerprint density at radius 2 is 1.89 bits per heavy atom. The molecule has 2 nitrogen and oxygen atoms in total. The molecule has 0 aromatic rings. The van der Waals surface area contributed by atoms with E-state index in [4.69, 9.17) is 0 Å². The molecule has 3 rings (SSSR count). The van der Waals surface area contributed by atoms with Gasteiger partial charge in [-0.1, -0.05) is 44.1 Å². The molecule has 3 aliphatic rings. The van der Waals surface area contributed by atoms with E-state index < -0.39 is 5.60 Å². The summed E-state index contributed by atoms with van der Waals surface area (Å²) < 4.78 is 0. The molecule has 0 aromatic heterocycles. The Kier molecular flexibility index (Phi) is 6.92. The van der Waals surface area contributed by atoms with Gasteiger partial charge in [-0.3, -0.25) is 0 Å². The van der Waals surface area contributed by atoms with Crippen LogP contribution in [-0.2, 0) is 0 Å². The summed E-state index contributed by atoms with van der Waals surface area (Å²) >= 11 is 0. The molecule has 0 heterocycles. The Morgan fingerprint density at radius 1 is 1.11 bits per heavy atom. The molecule has 0 radical (unpaired) electrons. The van der Waals surface area contributed by atoms with Gasteiger partial charge in [-0.05, 0) is 106 Å². The molecular weight excluding hydrogens is 344 g/mol. The Hall–Kier alpha value is -0.860. The number of aliphatic hydroxyl groups is 2. The molecule has 3 aliphatic carbocycles. The number of hydrogen-bond donors (Lipinski definition) is 2. The molecule has 158 valence electrons. The molecule has 0 amide bonds. The summed E-state index contributed by atoms with van der Waals surface area (Å²) in [7, 11) is 0. The van der Waals surface area contributed by atoms with Gasteiger partial charge in [0, 0.05) is 0 Å². The lowest BCUT2D eigenvalue weighted by Gasteiger charge is -2.42. The molecule has 4 atom stereocenters. The highest BCUT2D eigenvalue weighted by molar-refractivity contribution is 5.37. The van der Waals surface area contributed by atoms with Gasteiger partial charge in [0.15, 0.2) is 0 Å². The molecule has 4 unspecified atom stereocenters. The van der Waals surface area contributed by atoms with Crippen LogP contribution in [0.5, 0.6) is 0 Å². The van der Waals surface area contributed by atoms with Crippen molar-refractivity contribution in [3.8, 4) is 0 Å². The lowest BCUT2D eigenvalue weighted by molar-refractivity contribution is 0.0660. The minimum absolute atomic E-state index is 0.338. The minimum atomic E-state index is -0.521. The molecule has 0 spiro atoms. The topological polar surface area (TPSA) is 40.5 Å². The van der Waals surface area contributed by atoms with E-state index in [2.05, 4.69) is 25.7 Å². The molecule has 0 saturated heterocycles. The zero-order valence-electron chi connectivity index (χ0n) is 18.5. The van der Waals surface area contributed by atoms with E-state index in [9.17, 15) is 10.2 Å². The monoisotopic (exact) mass is 386 g/mol. The van der Waals surface area contributed by atoms with Crippen molar-refractivity contribution in [2.45, 2.75) is 110 Å². The van der Waals surface area contributed by atoms with Crippen molar-refractivity contribution in [2.75, 3.05) is 0 Å². The van der Waals surface area contributed by atoms with Crippen LogP contribution in [0.25, 0.3) is 0 Å². The van der Waals surface area contributed by atoms with Crippen molar-refractivity contribution in [1.29, 1.82) is 0 Å². The maximum Gasteiger partial charge on any atom is 0.0787 e. The van der Waals surface area contributed by atoms with Gasteiger partial charge in [-0.15, -0.1) is 0 Å². The van der Waals surface area contributed by atoms with Crippen molar-refractivity contribution in [1.82, 2.24) is 0 Å². The van der Waals surface area contributed by atoms with Crippen molar-refractivity contribution in [3.05, 3.63) is 35.5 Å². The number of aliphatic hydroxyl groups excluding tert-OH is 1. The van der Waals surface area contributed by atoms with E-state index in [1.807, 2.05) is 13.8 Å². The predicted molar refractivity (Wildman–Crippen MR) is 118 cm³/mol. The van der Waals surface area contributed by atoms with Gasteiger partial charge in [0.25, 0.3) is 0 Å². The van der Waals surface area contributed by atoms with Gasteiger partial charge in [0.2, 0.25) is 0 Å². The number of fused-ring (bicyclic) bond motifs is 1. The number of allylic oxidation sites excluding steroid dienone is 3. The van der Waals surface area contributed by atoms with Gasteiger partial charge < -0.3 is 10.2 Å². The van der Waals surface area contributed by atoms with E-state index in [0.29, 0.717) is 5.41 Å². The third-order valence-corrected chi connectivity index (χ3v) is 7.99.